The summed E-state index contributed by atoms with van der Waals surface area (Å²) in [4.78, 5) is 21.9. The van der Waals surface area contributed by atoms with Gasteiger partial charge in [-0.15, -0.1) is 0 Å². The van der Waals surface area contributed by atoms with Gasteiger partial charge >= 0.3 is 5.97 Å². The number of nitrogens with zero attached hydrogens (tertiary/aromatic N) is 1. The van der Waals surface area contributed by atoms with Crippen LogP contribution in [0.3, 0.4) is 0 Å². The molecule has 0 spiro atoms. The minimum atomic E-state index is -0.514. The van der Waals surface area contributed by atoms with E-state index in [9.17, 15) is 9.70 Å². The van der Waals surface area contributed by atoms with Crippen LogP contribution >= 0.6 is 0 Å². The number of rotatable bonds is 10. The van der Waals surface area contributed by atoms with E-state index in [0.717, 1.165) is 25.3 Å². The highest BCUT2D eigenvalue weighted by molar-refractivity contribution is 5.81. The number of hydrogen-bond donors (Lipinski definition) is 0. The highest BCUT2D eigenvalue weighted by atomic mass is 16.5. The molecule has 1 aromatic carbocycles. The molecule has 0 aromatic heterocycles. The summed E-state index contributed by atoms with van der Waals surface area (Å²) in [7, 11) is 0. The molecule has 1 aromatic rings. The van der Waals surface area contributed by atoms with E-state index in [2.05, 4.69) is 63.7 Å². The SMILES string of the molecule is C=CC(=O)OCC(CCC(C)CCc1ccc(C(C)(C)C)cc1)N=O. The van der Waals surface area contributed by atoms with Gasteiger partial charge in [-0.3, -0.25) is 0 Å². The predicted octanol–water partition coefficient (Wildman–Crippen LogP) is 5.20. The first-order valence-corrected chi connectivity index (χ1v) is 8.97. The maximum atomic E-state index is 11.0. The quantitative estimate of drug-likeness (QED) is 0.333. The van der Waals surface area contributed by atoms with Crippen molar-refractivity contribution in [2.24, 2.45) is 11.1 Å². The van der Waals surface area contributed by atoms with E-state index in [1.54, 1.807) is 0 Å². The first-order chi connectivity index (χ1) is 11.8. The summed E-state index contributed by atoms with van der Waals surface area (Å²) in [5.41, 5.74) is 2.86. The number of aryl methyl sites for hydroxylation is 1. The van der Waals surface area contributed by atoms with Gasteiger partial charge in [0.2, 0.25) is 0 Å². The Balaban J connectivity index is 2.36. The second-order valence-electron chi connectivity index (χ2n) is 7.76. The molecular weight excluding hydrogens is 314 g/mol. The molecule has 0 bridgehead atoms. The van der Waals surface area contributed by atoms with Crippen LogP contribution in [0, 0.1) is 10.8 Å². The summed E-state index contributed by atoms with van der Waals surface area (Å²) < 4.78 is 4.89. The summed E-state index contributed by atoms with van der Waals surface area (Å²) in [6.45, 7) is 12.2. The molecule has 138 valence electrons. The number of nitroso groups, excluding NO2 is 1. The lowest BCUT2D eigenvalue weighted by molar-refractivity contribution is -0.138. The zero-order chi connectivity index (χ0) is 18.9. The first kappa shape index (κ1) is 21.1. The van der Waals surface area contributed by atoms with Gasteiger partial charge < -0.3 is 4.74 Å². The van der Waals surface area contributed by atoms with Crippen molar-refractivity contribution in [1.82, 2.24) is 0 Å². The van der Waals surface area contributed by atoms with Crippen LogP contribution in [0.15, 0.2) is 42.1 Å². The smallest absolute Gasteiger partial charge is 0.330 e. The molecule has 0 radical (unpaired) electrons. The monoisotopic (exact) mass is 345 g/mol. The Hall–Kier alpha value is -1.97. The van der Waals surface area contributed by atoms with Crippen LogP contribution < -0.4 is 0 Å². The third kappa shape index (κ3) is 8.10. The second kappa shape index (κ2) is 10.1. The van der Waals surface area contributed by atoms with Crippen LogP contribution in [0.2, 0.25) is 0 Å². The van der Waals surface area contributed by atoms with Gasteiger partial charge in [-0.1, -0.05) is 63.7 Å². The third-order valence-electron chi connectivity index (χ3n) is 4.47. The molecule has 25 heavy (non-hydrogen) atoms. The molecule has 0 heterocycles. The fourth-order valence-corrected chi connectivity index (χ4v) is 2.61. The maximum Gasteiger partial charge on any atom is 0.330 e. The summed E-state index contributed by atoms with van der Waals surface area (Å²) >= 11 is 0. The number of esters is 1. The minimum absolute atomic E-state index is 0.0370. The van der Waals surface area contributed by atoms with Gasteiger partial charge in [-0.05, 0) is 48.1 Å². The van der Waals surface area contributed by atoms with Gasteiger partial charge in [0.05, 0.1) is 0 Å². The van der Waals surface area contributed by atoms with Gasteiger partial charge in [-0.2, -0.15) is 4.91 Å². The molecule has 2 atom stereocenters. The topological polar surface area (TPSA) is 55.7 Å². The van der Waals surface area contributed by atoms with Crippen molar-refractivity contribution in [1.29, 1.82) is 0 Å². The van der Waals surface area contributed by atoms with Gasteiger partial charge in [0.25, 0.3) is 0 Å². The molecule has 0 aliphatic carbocycles. The van der Waals surface area contributed by atoms with E-state index in [-0.39, 0.29) is 12.0 Å². The van der Waals surface area contributed by atoms with Crippen LogP contribution in [-0.2, 0) is 21.4 Å². The van der Waals surface area contributed by atoms with E-state index < -0.39 is 12.0 Å². The zero-order valence-corrected chi connectivity index (χ0v) is 16.0. The zero-order valence-electron chi connectivity index (χ0n) is 16.0. The lowest BCUT2D eigenvalue weighted by Crippen LogP contribution is -2.16. The molecule has 0 aliphatic rings. The normalized spacial score (nSPS) is 13.8. The van der Waals surface area contributed by atoms with E-state index in [0.29, 0.717) is 12.3 Å². The Bertz CT molecular complexity index is 557. The molecular formula is C21H31NO3. The average Bonchev–Trinajstić information content (AvgIpc) is 2.59. The van der Waals surface area contributed by atoms with Gasteiger partial charge in [0.1, 0.15) is 12.6 Å². The molecule has 4 nitrogen and oxygen atoms in total. The first-order valence-electron chi connectivity index (χ1n) is 8.97. The summed E-state index contributed by atoms with van der Waals surface area (Å²) in [6, 6.07) is 8.35. The molecule has 0 amide bonds. The van der Waals surface area contributed by atoms with Crippen molar-refractivity contribution < 1.29 is 9.53 Å². The van der Waals surface area contributed by atoms with Crippen LogP contribution in [0.1, 0.15) is 58.1 Å². The summed E-state index contributed by atoms with van der Waals surface area (Å²) in [6.07, 6.45) is 4.71. The number of hydrogen-bond acceptors (Lipinski definition) is 4. The van der Waals surface area contributed by atoms with Crippen LogP contribution in [0.4, 0.5) is 0 Å². The van der Waals surface area contributed by atoms with Crippen molar-refractivity contribution in [3.63, 3.8) is 0 Å². The van der Waals surface area contributed by atoms with Crippen LogP contribution in [-0.4, -0.2) is 18.6 Å². The van der Waals surface area contributed by atoms with Crippen LogP contribution in [0.5, 0.6) is 0 Å². The van der Waals surface area contributed by atoms with E-state index >= 15 is 0 Å². The molecule has 1 rings (SSSR count). The Morgan fingerprint density at radius 2 is 1.84 bits per heavy atom. The lowest BCUT2D eigenvalue weighted by atomic mass is 9.86. The molecule has 0 saturated carbocycles. The fraction of sp³-hybridized carbons (Fsp3) is 0.571. The standard InChI is InChI=1S/C21H31NO3/c1-6-20(23)25-15-19(22-24)14-8-16(2)7-9-17-10-12-18(13-11-17)21(3,4)5/h6,10-13,16,19H,1,7-9,14-15H2,2-5H3. The molecule has 2 unspecified atom stereocenters. The van der Waals surface area contributed by atoms with Crippen LogP contribution in [0.25, 0.3) is 0 Å². The number of benzene rings is 1. The van der Waals surface area contributed by atoms with Crippen molar-refractivity contribution in [2.45, 2.75) is 64.8 Å². The number of ether oxygens (including phenoxy) is 1. The molecule has 0 saturated heterocycles. The van der Waals surface area contributed by atoms with Gasteiger partial charge in [-0.25, -0.2) is 4.79 Å². The third-order valence-corrected chi connectivity index (χ3v) is 4.47. The van der Waals surface area contributed by atoms with Crippen molar-refractivity contribution in [2.75, 3.05) is 6.61 Å². The Labute approximate surface area is 151 Å². The van der Waals surface area contributed by atoms with E-state index in [4.69, 9.17) is 4.74 Å². The molecule has 0 aliphatic heterocycles. The molecule has 0 fully saturated rings. The lowest BCUT2D eigenvalue weighted by Gasteiger charge is -2.19. The maximum absolute atomic E-state index is 11.0. The van der Waals surface area contributed by atoms with Crippen molar-refractivity contribution in [3.05, 3.63) is 53.0 Å². The second-order valence-corrected chi connectivity index (χ2v) is 7.76. The van der Waals surface area contributed by atoms with E-state index in [1.807, 2.05) is 0 Å². The number of carbonyl (C=O) groups is 1. The van der Waals surface area contributed by atoms with Crippen molar-refractivity contribution in [3.8, 4) is 0 Å². The highest BCUT2D eigenvalue weighted by Gasteiger charge is 2.15. The molecule has 4 heteroatoms. The van der Waals surface area contributed by atoms with Gasteiger partial charge in [0.15, 0.2) is 0 Å². The van der Waals surface area contributed by atoms with Gasteiger partial charge in [0, 0.05) is 6.08 Å². The summed E-state index contributed by atoms with van der Waals surface area (Å²) in [5, 5.41) is 3.06. The highest BCUT2D eigenvalue weighted by Crippen LogP contribution is 2.23. The largest absolute Gasteiger partial charge is 0.460 e. The average molecular weight is 345 g/mol. The minimum Gasteiger partial charge on any atom is -0.460 e. The Morgan fingerprint density at radius 3 is 2.36 bits per heavy atom. The Morgan fingerprint density at radius 1 is 1.20 bits per heavy atom. The van der Waals surface area contributed by atoms with Crippen molar-refractivity contribution >= 4 is 5.97 Å². The number of carbonyl (C=O) groups excluding carboxylic acids is 1. The van der Waals surface area contributed by atoms with E-state index in [1.165, 1.54) is 11.1 Å². The fourth-order valence-electron chi connectivity index (χ4n) is 2.61. The Kier molecular flexibility index (Phi) is 8.53. The predicted molar refractivity (Wildman–Crippen MR) is 103 cm³/mol. The molecule has 0 N–H and O–H groups in total. The summed E-state index contributed by atoms with van der Waals surface area (Å²) in [5.74, 6) is -0.0259.